The molecule has 2 aromatic heterocycles. The smallest absolute Gasteiger partial charge is 0.170 e. The van der Waals surface area contributed by atoms with E-state index in [4.69, 9.17) is 23.2 Å². The van der Waals surface area contributed by atoms with Gasteiger partial charge in [-0.2, -0.15) is 17.5 Å². The summed E-state index contributed by atoms with van der Waals surface area (Å²) < 4.78 is 16.2. The molecule has 0 radical (unpaired) electrons. The van der Waals surface area contributed by atoms with Gasteiger partial charge in [-0.15, -0.1) is 0 Å². The van der Waals surface area contributed by atoms with E-state index in [9.17, 15) is 0 Å². The Balaban J connectivity index is 2.11. The van der Waals surface area contributed by atoms with Crippen LogP contribution in [0.4, 0.5) is 0 Å². The van der Waals surface area contributed by atoms with Crippen LogP contribution < -0.4 is 0 Å². The van der Waals surface area contributed by atoms with Crippen molar-refractivity contribution in [2.45, 2.75) is 0 Å². The zero-order valence-corrected chi connectivity index (χ0v) is 11.8. The molecule has 0 spiro atoms. The van der Waals surface area contributed by atoms with Crippen molar-refractivity contribution < 1.29 is 0 Å². The third-order valence-electron chi connectivity index (χ3n) is 2.31. The molecule has 4 nitrogen and oxygen atoms in total. The quantitative estimate of drug-likeness (QED) is 0.716. The summed E-state index contributed by atoms with van der Waals surface area (Å²) in [6, 6.07) is 7.65. The molecule has 8 heteroatoms. The fourth-order valence-corrected chi connectivity index (χ4v) is 3.05. The molecule has 0 aliphatic heterocycles. The van der Waals surface area contributed by atoms with Gasteiger partial charge in [0.05, 0.1) is 23.5 Å². The van der Waals surface area contributed by atoms with Gasteiger partial charge in [0.15, 0.2) is 10.3 Å². The first-order chi connectivity index (χ1) is 8.75. The van der Waals surface area contributed by atoms with Gasteiger partial charge in [0.2, 0.25) is 0 Å². The zero-order chi connectivity index (χ0) is 12.5. The molecule has 0 atom stereocenters. The minimum atomic E-state index is 0.402. The van der Waals surface area contributed by atoms with E-state index in [2.05, 4.69) is 17.5 Å². The maximum absolute atomic E-state index is 5.97. The van der Waals surface area contributed by atoms with Crippen LogP contribution in [-0.2, 0) is 0 Å². The fourth-order valence-electron chi connectivity index (χ4n) is 1.51. The molecule has 0 aliphatic rings. The van der Waals surface area contributed by atoms with Gasteiger partial charge in [-0.3, -0.25) is 0 Å². The number of rotatable bonds is 2. The Hall–Kier alpha value is -1.08. The molecule has 3 rings (SSSR count). The summed E-state index contributed by atoms with van der Waals surface area (Å²) in [5.74, 6) is 0. The molecule has 0 N–H and O–H groups in total. The van der Waals surface area contributed by atoms with Crippen LogP contribution in [-0.4, -0.2) is 17.5 Å². The summed E-state index contributed by atoms with van der Waals surface area (Å²) in [5.41, 5.74) is 3.11. The molecule has 0 saturated heterocycles. The molecular weight excluding hydrogens is 311 g/mol. The van der Waals surface area contributed by atoms with Crippen LogP contribution in [0.15, 0.2) is 24.3 Å². The molecule has 3 aromatic rings. The highest BCUT2D eigenvalue weighted by Gasteiger charge is 2.12. The molecule has 0 unspecified atom stereocenters. The van der Waals surface area contributed by atoms with Crippen LogP contribution in [0, 0.1) is 0 Å². The first kappa shape index (κ1) is 12.0. The van der Waals surface area contributed by atoms with Crippen molar-refractivity contribution in [3.8, 4) is 22.5 Å². The van der Waals surface area contributed by atoms with Gasteiger partial charge in [0.25, 0.3) is 0 Å². The Kier molecular flexibility index (Phi) is 3.25. The summed E-state index contributed by atoms with van der Waals surface area (Å²) in [6.45, 7) is 0. The number of aromatic nitrogens is 4. The SMILES string of the molecule is Clc1nsnc1-c1cccc(-c2nsnc2Cl)c1. The monoisotopic (exact) mass is 314 g/mol. The first-order valence-electron chi connectivity index (χ1n) is 4.82. The zero-order valence-electron chi connectivity index (χ0n) is 8.67. The van der Waals surface area contributed by atoms with E-state index in [1.165, 1.54) is 0 Å². The molecule has 0 bridgehead atoms. The van der Waals surface area contributed by atoms with Gasteiger partial charge in [0.1, 0.15) is 11.4 Å². The molecule has 0 saturated carbocycles. The van der Waals surface area contributed by atoms with Crippen molar-refractivity contribution in [1.29, 1.82) is 0 Å². The Morgan fingerprint density at radius 2 is 1.28 bits per heavy atom. The van der Waals surface area contributed by atoms with Crippen molar-refractivity contribution in [3.05, 3.63) is 34.6 Å². The molecule has 1 aromatic carbocycles. The minimum Gasteiger partial charge on any atom is -0.171 e. The predicted molar refractivity (Wildman–Crippen MR) is 74.3 cm³/mol. The highest BCUT2D eigenvalue weighted by atomic mass is 35.5. The normalized spacial score (nSPS) is 10.8. The van der Waals surface area contributed by atoms with E-state index in [1.54, 1.807) is 0 Å². The second kappa shape index (κ2) is 4.89. The molecule has 0 fully saturated rings. The summed E-state index contributed by atoms with van der Waals surface area (Å²) in [7, 11) is 0. The topological polar surface area (TPSA) is 51.6 Å². The highest BCUT2D eigenvalue weighted by Crippen LogP contribution is 2.31. The van der Waals surface area contributed by atoms with Crippen molar-refractivity contribution in [2.75, 3.05) is 0 Å². The lowest BCUT2D eigenvalue weighted by Crippen LogP contribution is -1.82. The van der Waals surface area contributed by atoms with Crippen molar-refractivity contribution >= 4 is 46.7 Å². The number of hydrogen-bond donors (Lipinski definition) is 0. The summed E-state index contributed by atoms with van der Waals surface area (Å²) >= 11 is 14.1. The molecule has 0 aliphatic carbocycles. The van der Waals surface area contributed by atoms with Gasteiger partial charge in [0, 0.05) is 11.1 Å². The van der Waals surface area contributed by atoms with Gasteiger partial charge in [-0.1, -0.05) is 41.4 Å². The number of benzene rings is 1. The van der Waals surface area contributed by atoms with Gasteiger partial charge >= 0.3 is 0 Å². The number of nitrogens with zero attached hydrogens (tertiary/aromatic N) is 4. The maximum atomic E-state index is 5.97. The van der Waals surface area contributed by atoms with Gasteiger partial charge in [-0.25, -0.2) is 0 Å². The van der Waals surface area contributed by atoms with Crippen LogP contribution in [0.1, 0.15) is 0 Å². The van der Waals surface area contributed by atoms with E-state index in [0.717, 1.165) is 34.6 Å². The maximum Gasteiger partial charge on any atom is 0.170 e. The average molecular weight is 315 g/mol. The third-order valence-corrected chi connectivity index (χ3v) is 4.09. The number of halogens is 2. The van der Waals surface area contributed by atoms with Crippen LogP contribution in [0.3, 0.4) is 0 Å². The lowest BCUT2D eigenvalue weighted by Gasteiger charge is -2.01. The molecule has 2 heterocycles. The Morgan fingerprint density at radius 1 is 0.778 bits per heavy atom. The summed E-state index contributed by atoms with van der Waals surface area (Å²) in [5, 5.41) is 0.805. The van der Waals surface area contributed by atoms with E-state index in [1.807, 2.05) is 24.3 Å². The standard InChI is InChI=1S/C10H4Cl2N4S2/c11-9-7(13-17-15-9)5-2-1-3-6(4-5)8-10(12)16-18-14-8/h1-4H. The average Bonchev–Trinajstić information content (AvgIpc) is 2.98. The lowest BCUT2D eigenvalue weighted by molar-refractivity contribution is 1.46. The Bertz CT molecular complexity index is 639. The van der Waals surface area contributed by atoms with Gasteiger partial charge < -0.3 is 0 Å². The van der Waals surface area contributed by atoms with Gasteiger partial charge in [-0.05, 0) is 6.07 Å². The second-order valence-electron chi connectivity index (χ2n) is 3.39. The van der Waals surface area contributed by atoms with Crippen LogP contribution in [0.5, 0.6) is 0 Å². The summed E-state index contributed by atoms with van der Waals surface area (Å²) in [6.07, 6.45) is 0. The summed E-state index contributed by atoms with van der Waals surface area (Å²) in [4.78, 5) is 0. The van der Waals surface area contributed by atoms with Crippen LogP contribution in [0.25, 0.3) is 22.5 Å². The van der Waals surface area contributed by atoms with Crippen LogP contribution in [0.2, 0.25) is 10.3 Å². The van der Waals surface area contributed by atoms with E-state index >= 15 is 0 Å². The van der Waals surface area contributed by atoms with Crippen LogP contribution >= 0.6 is 46.7 Å². The third kappa shape index (κ3) is 2.12. The van der Waals surface area contributed by atoms with E-state index in [-0.39, 0.29) is 0 Å². The second-order valence-corrected chi connectivity index (χ2v) is 5.16. The molecule has 18 heavy (non-hydrogen) atoms. The lowest BCUT2D eigenvalue weighted by atomic mass is 10.1. The predicted octanol–water partition coefficient (Wildman–Crippen LogP) is 4.03. The van der Waals surface area contributed by atoms with E-state index in [0.29, 0.717) is 21.7 Å². The first-order valence-corrected chi connectivity index (χ1v) is 7.04. The van der Waals surface area contributed by atoms with Crippen molar-refractivity contribution in [3.63, 3.8) is 0 Å². The fraction of sp³-hybridized carbons (Fsp3) is 0. The molecule has 0 amide bonds. The molecule has 90 valence electrons. The highest BCUT2D eigenvalue weighted by molar-refractivity contribution is 7.00. The van der Waals surface area contributed by atoms with E-state index < -0.39 is 0 Å². The number of hydrogen-bond acceptors (Lipinski definition) is 6. The Morgan fingerprint density at radius 3 is 1.67 bits per heavy atom. The largest absolute Gasteiger partial charge is 0.171 e. The Labute approximate surface area is 121 Å². The van der Waals surface area contributed by atoms with Crippen molar-refractivity contribution in [1.82, 2.24) is 17.5 Å². The van der Waals surface area contributed by atoms with Crippen molar-refractivity contribution in [2.24, 2.45) is 0 Å². The molecular formula is C10H4Cl2N4S2. The minimum absolute atomic E-state index is 0.402.